The van der Waals surface area contributed by atoms with Gasteiger partial charge in [-0.1, -0.05) is 0 Å². The van der Waals surface area contributed by atoms with Gasteiger partial charge in [-0.15, -0.1) is 34.2 Å². The summed E-state index contributed by atoms with van der Waals surface area (Å²) in [6.07, 6.45) is 1.19. The van der Waals surface area contributed by atoms with E-state index >= 15 is 0 Å². The van der Waals surface area contributed by atoms with Crippen LogP contribution >= 0.6 is 24.0 Å². The molecule has 0 spiro atoms. The van der Waals surface area contributed by atoms with Crippen molar-refractivity contribution in [3.63, 3.8) is 0 Å². The summed E-state index contributed by atoms with van der Waals surface area (Å²) < 4.78 is 7.12. The third-order valence-electron chi connectivity index (χ3n) is 3.07. The van der Waals surface area contributed by atoms with Crippen LogP contribution in [-0.2, 0) is 18.3 Å². The number of aryl methyl sites for hydroxylation is 1. The number of nitrogens with one attached hydrogen (secondary N) is 3. The molecule has 1 rings (SSSR count). The number of carbonyl (C=O) groups is 1. The van der Waals surface area contributed by atoms with Gasteiger partial charge < -0.3 is 25.3 Å². The maximum atomic E-state index is 11.9. The van der Waals surface area contributed by atoms with Crippen LogP contribution < -0.4 is 16.0 Å². The van der Waals surface area contributed by atoms with E-state index < -0.39 is 17.2 Å². The summed E-state index contributed by atoms with van der Waals surface area (Å²) in [6.45, 7) is 12.9. The number of aliphatic imine (C=N–C) groups is 1. The molecule has 0 aromatic carbocycles. The first kappa shape index (κ1) is 24.4. The van der Waals surface area contributed by atoms with Crippen LogP contribution in [0.3, 0.4) is 0 Å². The Morgan fingerprint density at radius 3 is 2.42 bits per heavy atom. The van der Waals surface area contributed by atoms with Crippen molar-refractivity contribution >= 4 is 36.0 Å². The fourth-order valence-corrected chi connectivity index (χ4v) is 1.87. The van der Waals surface area contributed by atoms with E-state index in [2.05, 4.69) is 31.1 Å². The van der Waals surface area contributed by atoms with Crippen LogP contribution in [0.1, 0.15) is 47.4 Å². The molecule has 0 saturated carbocycles. The Bertz CT molecular complexity index is 594. The van der Waals surface area contributed by atoms with E-state index in [4.69, 9.17) is 4.74 Å². The molecule has 0 radical (unpaired) electrons. The van der Waals surface area contributed by atoms with Crippen molar-refractivity contribution < 1.29 is 9.53 Å². The predicted octanol–water partition coefficient (Wildman–Crippen LogP) is 1.79. The van der Waals surface area contributed by atoms with Crippen LogP contribution in [0.2, 0.25) is 0 Å². The maximum Gasteiger partial charge on any atom is 0.408 e. The van der Waals surface area contributed by atoms with Gasteiger partial charge in [-0.3, -0.25) is 0 Å². The summed E-state index contributed by atoms with van der Waals surface area (Å²) in [6, 6.07) is 0. The second-order valence-electron chi connectivity index (χ2n) is 7.42. The SMILES string of the molecule is CCNC(=NCc1nncn1C)NCC(C)(C)NC(=O)OC(C)(C)C.I. The third kappa shape index (κ3) is 9.78. The van der Waals surface area contributed by atoms with Gasteiger partial charge in [0.05, 0.1) is 5.54 Å². The zero-order chi connectivity index (χ0) is 19.1. The monoisotopic (exact) mass is 481 g/mol. The van der Waals surface area contributed by atoms with Gasteiger partial charge in [-0.2, -0.15) is 0 Å². The summed E-state index contributed by atoms with van der Waals surface area (Å²) in [5, 5.41) is 17.1. The van der Waals surface area contributed by atoms with E-state index in [1.807, 2.05) is 53.2 Å². The highest BCUT2D eigenvalue weighted by Gasteiger charge is 2.24. The Hall–Kier alpha value is -1.59. The van der Waals surface area contributed by atoms with Crippen molar-refractivity contribution in [2.75, 3.05) is 13.1 Å². The number of hydrogen-bond donors (Lipinski definition) is 3. The lowest BCUT2D eigenvalue weighted by Gasteiger charge is -2.29. The van der Waals surface area contributed by atoms with Crippen molar-refractivity contribution in [1.82, 2.24) is 30.7 Å². The van der Waals surface area contributed by atoms with E-state index in [1.54, 1.807) is 6.33 Å². The molecule has 1 amide bonds. The Morgan fingerprint density at radius 2 is 1.92 bits per heavy atom. The highest BCUT2D eigenvalue weighted by Crippen LogP contribution is 2.09. The van der Waals surface area contributed by atoms with Crippen LogP contribution in [0.5, 0.6) is 0 Å². The lowest BCUT2D eigenvalue weighted by Crippen LogP contribution is -2.54. The highest BCUT2D eigenvalue weighted by atomic mass is 127. The maximum absolute atomic E-state index is 11.9. The van der Waals surface area contributed by atoms with Gasteiger partial charge >= 0.3 is 6.09 Å². The minimum Gasteiger partial charge on any atom is -0.444 e. The average molecular weight is 481 g/mol. The number of hydrogen-bond acceptors (Lipinski definition) is 5. The van der Waals surface area contributed by atoms with E-state index in [9.17, 15) is 4.79 Å². The molecular formula is C16H32IN7O2. The molecule has 150 valence electrons. The standard InChI is InChI=1S/C16H31N7O2.HI/c1-8-17-13(18-9-12-22-20-11-23(12)7)19-10-16(5,6)21-14(24)25-15(2,3)4;/h11H,8-10H2,1-7H3,(H,21,24)(H2,17,18,19);1H. The highest BCUT2D eigenvalue weighted by molar-refractivity contribution is 14.0. The number of rotatable bonds is 6. The largest absolute Gasteiger partial charge is 0.444 e. The summed E-state index contributed by atoms with van der Waals surface area (Å²) in [5.74, 6) is 1.41. The first-order valence-corrected chi connectivity index (χ1v) is 8.38. The topological polar surface area (TPSA) is 105 Å². The number of nitrogens with zero attached hydrogens (tertiary/aromatic N) is 4. The first-order chi connectivity index (χ1) is 11.5. The van der Waals surface area contributed by atoms with Gasteiger partial charge in [-0.25, -0.2) is 9.79 Å². The van der Waals surface area contributed by atoms with Gasteiger partial charge in [0.1, 0.15) is 18.5 Å². The third-order valence-corrected chi connectivity index (χ3v) is 3.07. The first-order valence-electron chi connectivity index (χ1n) is 8.38. The molecule has 0 aliphatic carbocycles. The molecule has 0 atom stereocenters. The second kappa shape index (κ2) is 10.5. The van der Waals surface area contributed by atoms with Crippen LogP contribution in [0.15, 0.2) is 11.3 Å². The summed E-state index contributed by atoms with van der Waals surface area (Å²) in [7, 11) is 1.87. The van der Waals surface area contributed by atoms with Gasteiger partial charge in [0.2, 0.25) is 0 Å². The van der Waals surface area contributed by atoms with Crippen molar-refractivity contribution in [3.8, 4) is 0 Å². The molecule has 1 aromatic rings. The number of ether oxygens (including phenoxy) is 1. The van der Waals surface area contributed by atoms with Crippen molar-refractivity contribution in [2.24, 2.45) is 12.0 Å². The number of alkyl carbamates (subject to hydrolysis) is 1. The fraction of sp³-hybridized carbons (Fsp3) is 0.750. The molecule has 9 nitrogen and oxygen atoms in total. The van der Waals surface area contributed by atoms with Crippen molar-refractivity contribution in [2.45, 2.75) is 59.2 Å². The molecule has 10 heteroatoms. The molecule has 3 N–H and O–H groups in total. The number of guanidine groups is 1. The molecule has 26 heavy (non-hydrogen) atoms. The van der Waals surface area contributed by atoms with Crippen LogP contribution in [0.4, 0.5) is 4.79 Å². The van der Waals surface area contributed by atoms with E-state index in [1.165, 1.54) is 0 Å². The average Bonchev–Trinajstić information content (AvgIpc) is 2.84. The number of amides is 1. The Morgan fingerprint density at radius 1 is 1.27 bits per heavy atom. The van der Waals surface area contributed by atoms with Gasteiger partial charge in [0.15, 0.2) is 11.8 Å². The quantitative estimate of drug-likeness (QED) is 0.325. The predicted molar refractivity (Wildman–Crippen MR) is 113 cm³/mol. The minimum atomic E-state index is -0.528. The van der Waals surface area contributed by atoms with E-state index in [0.717, 1.165) is 12.4 Å². The molecule has 1 heterocycles. The summed E-state index contributed by atoms with van der Waals surface area (Å²) >= 11 is 0. The number of aromatic nitrogens is 3. The molecular weight excluding hydrogens is 449 g/mol. The Labute approximate surface area is 172 Å². The van der Waals surface area contributed by atoms with Gasteiger partial charge in [0, 0.05) is 20.1 Å². The summed E-state index contributed by atoms with van der Waals surface area (Å²) in [5.41, 5.74) is -1.04. The van der Waals surface area contributed by atoms with Crippen LogP contribution in [0, 0.1) is 0 Å². The van der Waals surface area contributed by atoms with Gasteiger partial charge in [-0.05, 0) is 41.5 Å². The number of carbonyl (C=O) groups excluding carboxylic acids is 1. The van der Waals surface area contributed by atoms with Crippen LogP contribution in [-0.4, -0.2) is 51.0 Å². The van der Waals surface area contributed by atoms with Crippen LogP contribution in [0.25, 0.3) is 0 Å². The second-order valence-corrected chi connectivity index (χ2v) is 7.42. The van der Waals surface area contributed by atoms with Gasteiger partial charge in [0.25, 0.3) is 0 Å². The van der Waals surface area contributed by atoms with E-state index in [0.29, 0.717) is 19.0 Å². The molecule has 0 aliphatic heterocycles. The lowest BCUT2D eigenvalue weighted by atomic mass is 10.1. The molecule has 1 aromatic heterocycles. The molecule has 0 bridgehead atoms. The molecule has 0 saturated heterocycles. The van der Waals surface area contributed by atoms with E-state index in [-0.39, 0.29) is 24.0 Å². The minimum absolute atomic E-state index is 0. The fourth-order valence-electron chi connectivity index (χ4n) is 1.87. The summed E-state index contributed by atoms with van der Waals surface area (Å²) in [4.78, 5) is 16.4. The zero-order valence-electron chi connectivity index (χ0n) is 16.7. The number of halogens is 1. The zero-order valence-corrected chi connectivity index (χ0v) is 19.0. The molecule has 0 fully saturated rings. The normalized spacial score (nSPS) is 12.2. The Balaban J connectivity index is 0.00000625. The molecule has 0 aliphatic rings. The lowest BCUT2D eigenvalue weighted by molar-refractivity contribution is 0.0474. The van der Waals surface area contributed by atoms with Crippen molar-refractivity contribution in [1.29, 1.82) is 0 Å². The smallest absolute Gasteiger partial charge is 0.408 e. The molecule has 0 unspecified atom stereocenters. The van der Waals surface area contributed by atoms with Crippen molar-refractivity contribution in [3.05, 3.63) is 12.2 Å². The Kier molecular flexibility index (Phi) is 9.89.